The van der Waals surface area contributed by atoms with Crippen LogP contribution in [0.4, 0.5) is 8.78 Å². The molecule has 4 heterocycles. The van der Waals surface area contributed by atoms with Crippen LogP contribution in [0.2, 0.25) is 0 Å². The largest absolute Gasteiger partial charge is 0.490 e. The van der Waals surface area contributed by atoms with E-state index in [0.29, 0.717) is 59.2 Å². The Hall–Kier alpha value is -4.79. The number of benzene rings is 3. The molecular weight excluding hydrogens is 576 g/mol. The number of aromatic nitrogens is 3. The summed E-state index contributed by atoms with van der Waals surface area (Å²) in [4.78, 5) is 16.9. The Morgan fingerprint density at radius 3 is 2.11 bits per heavy atom. The van der Waals surface area contributed by atoms with Crippen molar-refractivity contribution in [2.24, 2.45) is 0 Å². The molecule has 0 bridgehead atoms. The monoisotopic (exact) mass is 609 g/mol. The summed E-state index contributed by atoms with van der Waals surface area (Å²) in [6, 6.07) is 10.8. The van der Waals surface area contributed by atoms with Crippen molar-refractivity contribution < 1.29 is 28.2 Å². The Labute approximate surface area is 259 Å². The number of nitrogens with zero attached hydrogens (tertiary/aromatic N) is 3. The molecule has 0 spiro atoms. The Balaban J connectivity index is 1.44. The molecule has 2 aromatic heterocycles. The minimum atomic E-state index is -1.02. The van der Waals surface area contributed by atoms with Gasteiger partial charge in [-0.3, -0.25) is 4.79 Å². The average molecular weight is 610 g/mol. The molecule has 0 unspecified atom stereocenters. The first-order valence-corrected chi connectivity index (χ1v) is 15.2. The maximum atomic E-state index is 15.5. The van der Waals surface area contributed by atoms with E-state index < -0.39 is 11.8 Å². The summed E-state index contributed by atoms with van der Waals surface area (Å²) >= 11 is 0. The van der Waals surface area contributed by atoms with Crippen molar-refractivity contribution in [2.45, 2.75) is 59.8 Å². The Kier molecular flexibility index (Phi) is 7.06. The molecule has 0 aliphatic carbocycles. The Morgan fingerprint density at radius 2 is 1.47 bits per heavy atom. The first-order valence-electron chi connectivity index (χ1n) is 15.2. The quantitative estimate of drug-likeness (QED) is 0.222. The molecule has 0 saturated carbocycles. The van der Waals surface area contributed by atoms with Gasteiger partial charge in [-0.2, -0.15) is 5.10 Å². The third-order valence-electron chi connectivity index (χ3n) is 9.20. The summed E-state index contributed by atoms with van der Waals surface area (Å²) in [6.45, 7) is 8.59. The standard InChI is InChI=1S/C36H33F2N3O4/c1-18-24-10-6-12-44-34(24)29(37)15-26(18)22-8-5-9-23(14-22)32-20(3)36-39-21(4)28(17-31(42)43)33(41(36)40-32)27-16-30(38)35-25(19(27)2)11-7-13-45-35/h5,8-9,14-16H,6-7,10-13,17H2,1-4H3,(H,42,43). The highest BCUT2D eigenvalue weighted by Gasteiger charge is 2.27. The average Bonchev–Trinajstić information content (AvgIpc) is 3.36. The zero-order valence-electron chi connectivity index (χ0n) is 25.7. The number of carbonyl (C=O) groups is 1. The summed E-state index contributed by atoms with van der Waals surface area (Å²) in [5, 5.41) is 14.9. The highest BCUT2D eigenvalue weighted by molar-refractivity contribution is 5.82. The van der Waals surface area contributed by atoms with E-state index in [1.54, 1.807) is 11.4 Å². The van der Waals surface area contributed by atoms with E-state index in [4.69, 9.17) is 19.6 Å². The van der Waals surface area contributed by atoms with E-state index in [1.165, 1.54) is 12.1 Å². The lowest BCUT2D eigenvalue weighted by molar-refractivity contribution is -0.136. The van der Waals surface area contributed by atoms with Gasteiger partial charge in [-0.05, 0) is 93.8 Å². The zero-order chi connectivity index (χ0) is 31.6. The van der Waals surface area contributed by atoms with E-state index in [-0.39, 0.29) is 18.0 Å². The van der Waals surface area contributed by atoms with E-state index >= 15 is 8.78 Å². The Morgan fingerprint density at radius 1 is 0.867 bits per heavy atom. The van der Waals surface area contributed by atoms with Gasteiger partial charge in [-0.15, -0.1) is 0 Å². The highest BCUT2D eigenvalue weighted by Crippen LogP contribution is 2.41. The Bertz CT molecular complexity index is 2050. The molecule has 3 aromatic carbocycles. The second kappa shape index (κ2) is 11.0. The molecule has 7 rings (SSSR count). The van der Waals surface area contributed by atoms with Crippen LogP contribution in [0.15, 0.2) is 36.4 Å². The second-order valence-corrected chi connectivity index (χ2v) is 12.0. The molecule has 230 valence electrons. The van der Waals surface area contributed by atoms with Crippen LogP contribution in [0.25, 0.3) is 39.3 Å². The van der Waals surface area contributed by atoms with Gasteiger partial charge < -0.3 is 14.6 Å². The second-order valence-electron chi connectivity index (χ2n) is 12.0. The molecule has 7 nitrogen and oxygen atoms in total. The van der Waals surface area contributed by atoms with Crippen molar-refractivity contribution >= 4 is 11.6 Å². The number of halogens is 2. The molecule has 1 N–H and O–H groups in total. The summed E-state index contributed by atoms with van der Waals surface area (Å²) < 4.78 is 43.6. The number of aliphatic carboxylic acids is 1. The molecule has 5 aromatic rings. The van der Waals surface area contributed by atoms with Crippen LogP contribution in [0, 0.1) is 39.3 Å². The lowest BCUT2D eigenvalue weighted by atomic mass is 9.91. The van der Waals surface area contributed by atoms with Crippen LogP contribution >= 0.6 is 0 Å². The van der Waals surface area contributed by atoms with Gasteiger partial charge in [0.2, 0.25) is 0 Å². The van der Waals surface area contributed by atoms with Crippen molar-refractivity contribution in [3.05, 3.63) is 87.1 Å². The first-order chi connectivity index (χ1) is 21.6. The van der Waals surface area contributed by atoms with Crippen LogP contribution in [-0.4, -0.2) is 38.9 Å². The molecule has 0 atom stereocenters. The maximum Gasteiger partial charge on any atom is 0.307 e. The molecule has 0 fully saturated rings. The number of hydrogen-bond donors (Lipinski definition) is 1. The van der Waals surface area contributed by atoms with E-state index in [0.717, 1.165) is 63.8 Å². The summed E-state index contributed by atoms with van der Waals surface area (Å²) in [7, 11) is 0. The van der Waals surface area contributed by atoms with Crippen LogP contribution < -0.4 is 9.47 Å². The van der Waals surface area contributed by atoms with Crippen LogP contribution in [0.5, 0.6) is 11.5 Å². The van der Waals surface area contributed by atoms with Gasteiger partial charge in [-0.1, -0.05) is 18.2 Å². The van der Waals surface area contributed by atoms with Crippen molar-refractivity contribution in [1.29, 1.82) is 0 Å². The number of fused-ring (bicyclic) bond motifs is 3. The van der Waals surface area contributed by atoms with Gasteiger partial charge in [0.15, 0.2) is 28.8 Å². The number of carboxylic acids is 1. The molecule has 45 heavy (non-hydrogen) atoms. The van der Waals surface area contributed by atoms with Gasteiger partial charge in [0.25, 0.3) is 0 Å². The minimum absolute atomic E-state index is 0.263. The molecule has 9 heteroatoms. The van der Waals surface area contributed by atoms with Gasteiger partial charge in [-0.25, -0.2) is 18.3 Å². The van der Waals surface area contributed by atoms with Gasteiger partial charge in [0.1, 0.15) is 0 Å². The summed E-state index contributed by atoms with van der Waals surface area (Å²) in [5.41, 5.74) is 10.0. The smallest absolute Gasteiger partial charge is 0.307 e. The molecule has 0 radical (unpaired) electrons. The molecule has 2 aliphatic heterocycles. The topological polar surface area (TPSA) is 86.0 Å². The maximum absolute atomic E-state index is 15.5. The fourth-order valence-electron chi connectivity index (χ4n) is 6.91. The van der Waals surface area contributed by atoms with E-state index in [9.17, 15) is 9.90 Å². The van der Waals surface area contributed by atoms with Gasteiger partial charge in [0.05, 0.1) is 31.0 Å². The third-order valence-corrected chi connectivity index (χ3v) is 9.20. The SMILES string of the molecule is Cc1nc2c(C)c(-c3cccc(-c4cc(F)c5c(c4C)CCCO5)c3)nn2c(-c2cc(F)c3c(c2C)CCCO3)c1CC(=O)O. The number of carboxylic acid groups (broad SMARTS) is 1. The van der Waals surface area contributed by atoms with Gasteiger partial charge in [0, 0.05) is 39.1 Å². The minimum Gasteiger partial charge on any atom is -0.490 e. The predicted molar refractivity (Wildman–Crippen MR) is 167 cm³/mol. The fourth-order valence-corrected chi connectivity index (χ4v) is 6.91. The van der Waals surface area contributed by atoms with Crippen LogP contribution in [-0.2, 0) is 24.1 Å². The van der Waals surface area contributed by atoms with Gasteiger partial charge >= 0.3 is 5.97 Å². The normalized spacial score (nSPS) is 14.1. The van der Waals surface area contributed by atoms with E-state index in [2.05, 4.69) is 0 Å². The first kappa shape index (κ1) is 29.0. The van der Waals surface area contributed by atoms with Crippen LogP contribution in [0.1, 0.15) is 51.9 Å². The van der Waals surface area contributed by atoms with Crippen molar-refractivity contribution in [3.63, 3.8) is 0 Å². The highest BCUT2D eigenvalue weighted by atomic mass is 19.1. The summed E-state index contributed by atoms with van der Waals surface area (Å²) in [6.07, 6.45) is 2.74. The molecule has 2 aliphatic rings. The molecular formula is C36H33F2N3O4. The van der Waals surface area contributed by atoms with Crippen molar-refractivity contribution in [3.8, 4) is 45.1 Å². The summed E-state index contributed by atoms with van der Waals surface area (Å²) in [5.74, 6) is -1.26. The number of aryl methyl sites for hydroxylation is 2. The number of hydrogen-bond acceptors (Lipinski definition) is 5. The molecule has 0 amide bonds. The van der Waals surface area contributed by atoms with Crippen molar-refractivity contribution in [2.75, 3.05) is 13.2 Å². The third kappa shape index (κ3) is 4.72. The predicted octanol–water partition coefficient (Wildman–Crippen LogP) is 7.52. The van der Waals surface area contributed by atoms with Crippen molar-refractivity contribution in [1.82, 2.24) is 14.6 Å². The molecule has 0 saturated heterocycles. The van der Waals surface area contributed by atoms with Crippen LogP contribution in [0.3, 0.4) is 0 Å². The van der Waals surface area contributed by atoms with E-state index in [1.807, 2.05) is 45.0 Å². The fraction of sp³-hybridized carbons (Fsp3) is 0.306. The lowest BCUT2D eigenvalue weighted by Gasteiger charge is -2.23. The lowest BCUT2D eigenvalue weighted by Crippen LogP contribution is -2.14. The number of ether oxygens (including phenoxy) is 2. The number of rotatable bonds is 5. The zero-order valence-corrected chi connectivity index (χ0v) is 25.7.